The minimum atomic E-state index is -1.42. The fraction of sp³-hybridized carbons (Fsp3) is 0.167. The van der Waals surface area contributed by atoms with E-state index in [2.05, 4.69) is 10.1 Å². The van der Waals surface area contributed by atoms with Crippen LogP contribution in [0.3, 0.4) is 0 Å². The summed E-state index contributed by atoms with van der Waals surface area (Å²) >= 11 is 6.71. The molecular weight excluding hydrogens is 667 g/mol. The number of nitrogens with zero attached hydrogens (tertiary/aromatic N) is 2. The van der Waals surface area contributed by atoms with Gasteiger partial charge in [0.25, 0.3) is 0 Å². The van der Waals surface area contributed by atoms with Gasteiger partial charge in [0.05, 0.1) is 16.7 Å². The van der Waals surface area contributed by atoms with Crippen molar-refractivity contribution in [3.05, 3.63) is 159 Å². The zero-order valence-electron chi connectivity index (χ0n) is 25.7. The average molecular weight is 696 g/mol. The van der Waals surface area contributed by atoms with Crippen molar-refractivity contribution in [2.45, 2.75) is 35.3 Å². The molecule has 2 heterocycles. The Morgan fingerprint density at radius 1 is 0.735 bits per heavy atom. The van der Waals surface area contributed by atoms with E-state index in [1.807, 2.05) is 30.3 Å². The number of carbonyl (C=O) groups is 3. The van der Waals surface area contributed by atoms with Crippen LogP contribution in [-0.2, 0) is 24.7 Å². The number of esters is 3. The predicted molar refractivity (Wildman–Crippen MR) is 182 cm³/mol. The molecule has 1 saturated heterocycles. The summed E-state index contributed by atoms with van der Waals surface area (Å²) in [5.41, 5.74) is 0.963. The molecule has 4 aromatic carbocycles. The largest absolute Gasteiger partial charge is 0.459 e. The molecule has 1 aliphatic rings. The number of aromatic nitrogens is 3. The third-order valence-electron chi connectivity index (χ3n) is 7.46. The summed E-state index contributed by atoms with van der Waals surface area (Å²) in [7, 11) is 0. The van der Waals surface area contributed by atoms with E-state index in [0.717, 1.165) is 10.2 Å². The lowest BCUT2D eigenvalue weighted by Crippen LogP contribution is -2.43. The number of benzene rings is 4. The fourth-order valence-corrected chi connectivity index (χ4v) is 6.17. The molecular formula is C36H29N3O8S2. The number of rotatable bonds is 11. The van der Waals surface area contributed by atoms with Crippen molar-refractivity contribution < 1.29 is 33.3 Å². The van der Waals surface area contributed by atoms with Crippen LogP contribution in [0.1, 0.15) is 42.9 Å². The number of hydrogen-bond donors (Lipinski definition) is 1. The Morgan fingerprint density at radius 3 is 1.78 bits per heavy atom. The third-order valence-corrected chi connectivity index (χ3v) is 8.92. The Kier molecular flexibility index (Phi) is 10.7. The molecule has 1 N–H and O–H groups in total. The first-order chi connectivity index (χ1) is 23.9. The van der Waals surface area contributed by atoms with Crippen LogP contribution in [0.2, 0.25) is 0 Å². The number of carbonyl (C=O) groups excluding carboxylic acids is 3. The van der Waals surface area contributed by atoms with E-state index in [1.165, 1.54) is 11.8 Å². The molecule has 0 amide bonds. The van der Waals surface area contributed by atoms with Crippen molar-refractivity contribution in [2.24, 2.45) is 0 Å². The van der Waals surface area contributed by atoms with Gasteiger partial charge in [-0.2, -0.15) is 9.78 Å². The highest BCUT2D eigenvalue weighted by Crippen LogP contribution is 2.35. The highest BCUT2D eigenvalue weighted by molar-refractivity contribution is 7.98. The lowest BCUT2D eigenvalue weighted by Gasteiger charge is -2.24. The molecule has 4 atom stereocenters. The van der Waals surface area contributed by atoms with Crippen molar-refractivity contribution >= 4 is 41.9 Å². The summed E-state index contributed by atoms with van der Waals surface area (Å²) in [5.74, 6) is -1.67. The van der Waals surface area contributed by atoms with Crippen molar-refractivity contribution in [3.8, 4) is 0 Å². The molecule has 49 heavy (non-hydrogen) atoms. The van der Waals surface area contributed by atoms with E-state index in [-0.39, 0.29) is 21.3 Å². The van der Waals surface area contributed by atoms with Crippen LogP contribution >= 0.6 is 24.0 Å². The van der Waals surface area contributed by atoms with Gasteiger partial charge in [-0.25, -0.2) is 19.2 Å². The standard InChI is InChI=1S/C36H29N3O8S2/c40-33(24-15-7-2-8-16-24)44-21-27-28(46-34(41)25-17-9-3-10-18-25)29(47-35(42)26-19-11-4-12-20-26)32(45-27)39-36(43)37-30(48)31(38-39)49-22-23-13-5-1-6-14-23/h1-20,27-29,32H,21-22H2,(H,37,43,48)/t27-,28+,29-,32-/m0/s1. The Morgan fingerprint density at radius 2 is 1.22 bits per heavy atom. The fourth-order valence-electron chi connectivity index (χ4n) is 5.04. The van der Waals surface area contributed by atoms with Crippen LogP contribution in [0, 0.1) is 4.64 Å². The second kappa shape index (κ2) is 15.7. The van der Waals surface area contributed by atoms with Crippen LogP contribution in [0.15, 0.2) is 131 Å². The monoisotopic (exact) mass is 695 g/mol. The lowest BCUT2D eigenvalue weighted by molar-refractivity contribution is -0.0706. The molecule has 0 radical (unpaired) electrons. The van der Waals surface area contributed by atoms with Gasteiger partial charge in [-0.05, 0) is 42.0 Å². The second-order valence-electron chi connectivity index (χ2n) is 10.8. The predicted octanol–water partition coefficient (Wildman–Crippen LogP) is 5.80. The molecule has 248 valence electrons. The minimum absolute atomic E-state index is 0.110. The van der Waals surface area contributed by atoms with Crippen LogP contribution in [-0.4, -0.2) is 57.6 Å². The maximum Gasteiger partial charge on any atom is 0.345 e. The van der Waals surface area contributed by atoms with Crippen molar-refractivity contribution in [3.63, 3.8) is 0 Å². The number of hydrogen-bond acceptors (Lipinski definition) is 11. The van der Waals surface area contributed by atoms with Gasteiger partial charge in [0, 0.05) is 5.75 Å². The Hall–Kier alpha value is -5.37. The van der Waals surface area contributed by atoms with E-state index >= 15 is 0 Å². The molecule has 0 aliphatic carbocycles. The van der Waals surface area contributed by atoms with Crippen LogP contribution in [0.4, 0.5) is 0 Å². The molecule has 0 bridgehead atoms. The first-order valence-electron chi connectivity index (χ1n) is 15.2. The number of thioether (sulfide) groups is 1. The van der Waals surface area contributed by atoms with Crippen molar-refractivity contribution in [1.82, 2.24) is 14.8 Å². The molecule has 0 spiro atoms. The van der Waals surface area contributed by atoms with Crippen LogP contribution in [0.25, 0.3) is 0 Å². The smallest absolute Gasteiger partial charge is 0.345 e. The van der Waals surface area contributed by atoms with Gasteiger partial charge in [-0.3, -0.25) is 4.98 Å². The van der Waals surface area contributed by atoms with E-state index in [4.69, 9.17) is 31.2 Å². The van der Waals surface area contributed by atoms with Gasteiger partial charge in [-0.15, -0.1) is 0 Å². The number of ether oxygens (including phenoxy) is 4. The van der Waals surface area contributed by atoms with Crippen LogP contribution in [0.5, 0.6) is 0 Å². The van der Waals surface area contributed by atoms with Gasteiger partial charge in [0.15, 0.2) is 23.5 Å². The number of H-pyrrole nitrogens is 1. The lowest BCUT2D eigenvalue weighted by atomic mass is 10.1. The second-order valence-corrected chi connectivity index (χ2v) is 12.2. The van der Waals surface area contributed by atoms with Crippen LogP contribution < -0.4 is 5.69 Å². The molecule has 1 fully saturated rings. The average Bonchev–Trinajstić information content (AvgIpc) is 3.47. The van der Waals surface area contributed by atoms with Gasteiger partial charge in [0.1, 0.15) is 17.4 Å². The first kappa shape index (κ1) is 33.5. The van der Waals surface area contributed by atoms with E-state index in [9.17, 15) is 19.2 Å². The van der Waals surface area contributed by atoms with E-state index in [1.54, 1.807) is 91.0 Å². The molecule has 0 saturated carbocycles. The number of nitrogens with one attached hydrogen (secondary N) is 1. The Bertz CT molecular complexity index is 2030. The van der Waals surface area contributed by atoms with Gasteiger partial charge in [0.2, 0.25) is 0 Å². The summed E-state index contributed by atoms with van der Waals surface area (Å²) in [5, 5.41) is 4.83. The Labute approximate surface area is 289 Å². The molecule has 6 rings (SSSR count). The minimum Gasteiger partial charge on any atom is -0.459 e. The first-order valence-corrected chi connectivity index (χ1v) is 16.6. The Balaban J connectivity index is 1.37. The topological polar surface area (TPSA) is 139 Å². The highest BCUT2D eigenvalue weighted by Gasteiger charge is 2.52. The maximum atomic E-state index is 13.5. The summed E-state index contributed by atoms with van der Waals surface area (Å²) in [4.78, 5) is 55.8. The molecule has 11 nitrogen and oxygen atoms in total. The van der Waals surface area contributed by atoms with Gasteiger partial charge < -0.3 is 18.9 Å². The van der Waals surface area contributed by atoms with Crippen molar-refractivity contribution in [2.75, 3.05) is 6.61 Å². The SMILES string of the molecule is O=C(OC[C@@H]1O[C@H](n2nc(SCc3ccccc3)c(=S)[nH]c2=O)[C@@H](OC(=O)c2ccccc2)[C@@H]1OC(=O)c1ccccc1)c1ccccc1. The molecule has 5 aromatic rings. The zero-order valence-corrected chi connectivity index (χ0v) is 27.4. The summed E-state index contributed by atoms with van der Waals surface area (Å²) in [6.07, 6.45) is -5.36. The third kappa shape index (κ3) is 8.20. The summed E-state index contributed by atoms with van der Waals surface area (Å²) in [6.45, 7) is -0.413. The normalized spacial score (nSPS) is 18.4. The van der Waals surface area contributed by atoms with Gasteiger partial charge in [-0.1, -0.05) is 109 Å². The maximum absolute atomic E-state index is 13.5. The highest BCUT2D eigenvalue weighted by atomic mass is 32.2. The molecule has 1 aromatic heterocycles. The summed E-state index contributed by atoms with van der Waals surface area (Å²) < 4.78 is 24.8. The molecule has 0 unspecified atom stereocenters. The molecule has 1 aliphatic heterocycles. The van der Waals surface area contributed by atoms with Gasteiger partial charge >= 0.3 is 23.6 Å². The van der Waals surface area contributed by atoms with Crippen molar-refractivity contribution in [1.29, 1.82) is 0 Å². The number of aromatic amines is 1. The zero-order chi connectivity index (χ0) is 34.2. The van der Waals surface area contributed by atoms with E-state index < -0.39 is 54.7 Å². The quantitative estimate of drug-likeness (QED) is 0.0777. The molecule has 13 heteroatoms. The van der Waals surface area contributed by atoms with E-state index in [0.29, 0.717) is 10.8 Å². The summed E-state index contributed by atoms with van der Waals surface area (Å²) in [6, 6.07) is 34.3.